The quantitative estimate of drug-likeness (QED) is 0.669. The Labute approximate surface area is 170 Å². The van der Waals surface area contributed by atoms with Gasteiger partial charge in [0.25, 0.3) is 11.8 Å². The van der Waals surface area contributed by atoms with Gasteiger partial charge in [-0.3, -0.25) is 14.3 Å². The van der Waals surface area contributed by atoms with Crippen LogP contribution < -0.4 is 0 Å². The second kappa shape index (κ2) is 5.68. The van der Waals surface area contributed by atoms with E-state index < -0.39 is 11.6 Å². The van der Waals surface area contributed by atoms with E-state index >= 15 is 0 Å². The first-order valence-electron chi connectivity index (χ1n) is 10.0. The van der Waals surface area contributed by atoms with Gasteiger partial charge in [0.05, 0.1) is 24.3 Å². The molecule has 1 N–H and O–H groups in total. The monoisotopic (exact) mass is 411 g/mol. The molecule has 1 spiro atoms. The summed E-state index contributed by atoms with van der Waals surface area (Å²) >= 11 is 0. The van der Waals surface area contributed by atoms with Crippen LogP contribution in [0.15, 0.2) is 18.2 Å². The molecule has 1 fully saturated rings. The molecular formula is C21H19F2N5O2. The third-order valence-electron chi connectivity index (χ3n) is 6.80. The Morgan fingerprint density at radius 2 is 2.07 bits per heavy atom. The van der Waals surface area contributed by atoms with Crippen molar-refractivity contribution in [2.24, 2.45) is 0 Å². The van der Waals surface area contributed by atoms with E-state index in [-0.39, 0.29) is 35.0 Å². The van der Waals surface area contributed by atoms with Crippen LogP contribution >= 0.6 is 0 Å². The van der Waals surface area contributed by atoms with Crippen molar-refractivity contribution in [2.45, 2.75) is 37.9 Å². The zero-order chi connectivity index (χ0) is 20.8. The van der Waals surface area contributed by atoms with Crippen LogP contribution in [-0.2, 0) is 19.5 Å². The van der Waals surface area contributed by atoms with Gasteiger partial charge in [0.15, 0.2) is 11.6 Å². The van der Waals surface area contributed by atoms with Gasteiger partial charge in [-0.15, -0.1) is 0 Å². The standard InChI is InChI=1S/C21H19F2N5O2/c1-26-20(30)18-12-9-27(7-4-15(12)25-28(18)10-21(26)5-6-21)19(29)16-8-11-14(24-16)3-2-13(22)17(11)23/h2-3,8,24H,4-7,9-10H2,1H3. The van der Waals surface area contributed by atoms with Crippen LogP contribution in [0.5, 0.6) is 0 Å². The van der Waals surface area contributed by atoms with Gasteiger partial charge in [0.2, 0.25) is 0 Å². The Morgan fingerprint density at radius 1 is 1.27 bits per heavy atom. The summed E-state index contributed by atoms with van der Waals surface area (Å²) in [5.74, 6) is -2.29. The molecule has 0 atom stereocenters. The average Bonchev–Trinajstić information content (AvgIpc) is 3.22. The lowest BCUT2D eigenvalue weighted by Crippen LogP contribution is -2.48. The van der Waals surface area contributed by atoms with Crippen LogP contribution in [0.3, 0.4) is 0 Å². The molecule has 9 heteroatoms. The smallest absolute Gasteiger partial charge is 0.272 e. The van der Waals surface area contributed by atoms with E-state index in [9.17, 15) is 18.4 Å². The first-order valence-corrected chi connectivity index (χ1v) is 10.0. The number of hydrogen-bond donors (Lipinski definition) is 1. The summed E-state index contributed by atoms with van der Waals surface area (Å²) in [7, 11) is 1.84. The molecule has 2 amide bonds. The van der Waals surface area contributed by atoms with Gasteiger partial charge in [0, 0.05) is 36.5 Å². The normalized spacial score (nSPS) is 19.4. The number of nitrogens with one attached hydrogen (secondary N) is 1. The highest BCUT2D eigenvalue weighted by Gasteiger charge is 2.53. The minimum absolute atomic E-state index is 0.0468. The number of carbonyl (C=O) groups excluding carboxylic acids is 2. The maximum absolute atomic E-state index is 14.0. The zero-order valence-corrected chi connectivity index (χ0v) is 16.3. The van der Waals surface area contributed by atoms with Crippen molar-refractivity contribution in [3.8, 4) is 0 Å². The minimum atomic E-state index is -0.975. The van der Waals surface area contributed by atoms with E-state index in [1.54, 1.807) is 4.90 Å². The molecular weight excluding hydrogens is 392 g/mol. The van der Waals surface area contributed by atoms with E-state index in [0.717, 1.165) is 30.2 Å². The summed E-state index contributed by atoms with van der Waals surface area (Å²) in [6.07, 6.45) is 2.52. The molecule has 154 valence electrons. The van der Waals surface area contributed by atoms with Gasteiger partial charge in [-0.2, -0.15) is 5.10 Å². The summed E-state index contributed by atoms with van der Waals surface area (Å²) in [6, 6.07) is 3.79. The molecule has 2 aromatic heterocycles. The number of rotatable bonds is 1. The van der Waals surface area contributed by atoms with Crippen LogP contribution in [0.2, 0.25) is 0 Å². The van der Waals surface area contributed by atoms with Crippen molar-refractivity contribution in [1.29, 1.82) is 0 Å². The molecule has 2 aliphatic heterocycles. The number of likely N-dealkylation sites (N-methyl/N-ethyl adjacent to an activating group) is 1. The first kappa shape index (κ1) is 17.6. The number of carbonyl (C=O) groups is 2. The summed E-state index contributed by atoms with van der Waals surface area (Å²) in [5, 5.41) is 4.71. The Hall–Kier alpha value is -3.23. The van der Waals surface area contributed by atoms with Crippen LogP contribution in [0.25, 0.3) is 10.9 Å². The lowest BCUT2D eigenvalue weighted by atomic mass is 10.0. The summed E-state index contributed by atoms with van der Waals surface area (Å²) in [6.45, 7) is 1.41. The fourth-order valence-electron chi connectivity index (χ4n) is 4.78. The molecule has 1 aromatic carbocycles. The van der Waals surface area contributed by atoms with Crippen LogP contribution in [0.1, 0.15) is 45.1 Å². The SMILES string of the molecule is CN1C(=O)c2c3c(nn2CC12CC2)CCN(C(=O)c1cc2c(F)c(F)ccc2[nH]1)C3. The Morgan fingerprint density at radius 3 is 2.83 bits per heavy atom. The van der Waals surface area contributed by atoms with Gasteiger partial charge < -0.3 is 14.8 Å². The predicted molar refractivity (Wildman–Crippen MR) is 103 cm³/mol. The predicted octanol–water partition coefficient (Wildman–Crippen LogP) is 2.46. The van der Waals surface area contributed by atoms with Crippen molar-refractivity contribution in [2.75, 3.05) is 13.6 Å². The van der Waals surface area contributed by atoms with Crippen molar-refractivity contribution >= 4 is 22.7 Å². The third-order valence-corrected chi connectivity index (χ3v) is 6.80. The van der Waals surface area contributed by atoms with E-state index in [1.807, 2.05) is 16.6 Å². The second-order valence-corrected chi connectivity index (χ2v) is 8.50. The van der Waals surface area contributed by atoms with Gasteiger partial charge >= 0.3 is 0 Å². The second-order valence-electron chi connectivity index (χ2n) is 8.50. The molecule has 4 heterocycles. The maximum Gasteiger partial charge on any atom is 0.272 e. The van der Waals surface area contributed by atoms with Crippen LogP contribution in [-0.4, -0.2) is 55.5 Å². The number of amides is 2. The molecule has 30 heavy (non-hydrogen) atoms. The fraction of sp³-hybridized carbons (Fsp3) is 0.381. The van der Waals surface area contributed by atoms with E-state index in [2.05, 4.69) is 10.1 Å². The Kier molecular flexibility index (Phi) is 3.33. The molecule has 7 nitrogen and oxygen atoms in total. The van der Waals surface area contributed by atoms with Gasteiger partial charge in [0.1, 0.15) is 11.4 Å². The fourth-order valence-corrected chi connectivity index (χ4v) is 4.78. The zero-order valence-electron chi connectivity index (χ0n) is 16.3. The number of hydrogen-bond acceptors (Lipinski definition) is 3. The number of H-pyrrole nitrogens is 1. The summed E-state index contributed by atoms with van der Waals surface area (Å²) in [5.41, 5.74) is 2.67. The largest absolute Gasteiger partial charge is 0.350 e. The number of halogens is 2. The maximum atomic E-state index is 14.0. The summed E-state index contributed by atoms with van der Waals surface area (Å²) < 4.78 is 29.4. The molecule has 0 bridgehead atoms. The topological polar surface area (TPSA) is 74.2 Å². The highest BCUT2D eigenvalue weighted by molar-refractivity contribution is 5.99. The molecule has 3 aliphatic rings. The lowest BCUT2D eigenvalue weighted by molar-refractivity contribution is 0.0604. The van der Waals surface area contributed by atoms with Crippen molar-refractivity contribution in [3.05, 3.63) is 52.5 Å². The van der Waals surface area contributed by atoms with E-state index in [1.165, 1.54) is 12.1 Å². The highest BCUT2D eigenvalue weighted by Crippen LogP contribution is 2.46. The van der Waals surface area contributed by atoms with Gasteiger partial charge in [-0.05, 0) is 31.0 Å². The number of aromatic amines is 1. The van der Waals surface area contributed by atoms with Gasteiger partial charge in [-0.25, -0.2) is 8.78 Å². The first-order chi connectivity index (χ1) is 14.4. The van der Waals surface area contributed by atoms with Crippen molar-refractivity contribution in [3.63, 3.8) is 0 Å². The van der Waals surface area contributed by atoms with E-state index in [4.69, 9.17) is 0 Å². The molecule has 6 rings (SSSR count). The van der Waals surface area contributed by atoms with Crippen LogP contribution in [0.4, 0.5) is 8.78 Å². The third kappa shape index (κ3) is 2.26. The molecule has 1 saturated carbocycles. The van der Waals surface area contributed by atoms with Crippen LogP contribution in [0, 0.1) is 11.6 Å². The molecule has 0 saturated heterocycles. The molecule has 3 aromatic rings. The average molecular weight is 411 g/mol. The Bertz CT molecular complexity index is 1260. The van der Waals surface area contributed by atoms with Crippen molar-refractivity contribution < 1.29 is 18.4 Å². The molecule has 0 radical (unpaired) electrons. The lowest BCUT2D eigenvalue weighted by Gasteiger charge is -2.34. The Balaban J connectivity index is 1.33. The number of benzene rings is 1. The highest BCUT2D eigenvalue weighted by atomic mass is 19.2. The van der Waals surface area contributed by atoms with Crippen molar-refractivity contribution in [1.82, 2.24) is 24.6 Å². The number of nitrogens with zero attached hydrogens (tertiary/aromatic N) is 4. The van der Waals surface area contributed by atoms with Gasteiger partial charge in [-0.1, -0.05) is 0 Å². The number of aromatic nitrogens is 3. The number of fused-ring (bicyclic) bond motifs is 4. The molecule has 0 unspecified atom stereocenters. The van der Waals surface area contributed by atoms with E-state index in [0.29, 0.717) is 30.7 Å². The summed E-state index contributed by atoms with van der Waals surface area (Å²) in [4.78, 5) is 32.4. The minimum Gasteiger partial charge on any atom is -0.350 e. The molecule has 1 aliphatic carbocycles.